The number of fused-ring (bicyclic) bond motifs is 1. The molecule has 0 saturated heterocycles. The number of aromatic amines is 1. The van der Waals surface area contributed by atoms with Crippen molar-refractivity contribution < 1.29 is 13.2 Å². The minimum absolute atomic E-state index is 0.382. The maximum absolute atomic E-state index is 12.4. The summed E-state index contributed by atoms with van der Waals surface area (Å²) >= 11 is 0. The fraction of sp³-hybridized carbons (Fsp3) is 0.300. The fourth-order valence-electron chi connectivity index (χ4n) is 1.61. The van der Waals surface area contributed by atoms with E-state index in [1.54, 1.807) is 13.0 Å². The summed E-state index contributed by atoms with van der Waals surface area (Å²) in [5.41, 5.74) is 2.47. The maximum Gasteiger partial charge on any atom is 0.449 e. The van der Waals surface area contributed by atoms with Gasteiger partial charge >= 0.3 is 6.18 Å². The van der Waals surface area contributed by atoms with Crippen LogP contribution in [0, 0.1) is 13.8 Å². The van der Waals surface area contributed by atoms with Crippen molar-refractivity contribution in [3.05, 3.63) is 29.1 Å². The first-order valence-corrected chi connectivity index (χ1v) is 4.42. The molecule has 0 unspecified atom stereocenters. The van der Waals surface area contributed by atoms with Gasteiger partial charge in [0, 0.05) is 0 Å². The van der Waals surface area contributed by atoms with Gasteiger partial charge in [-0.05, 0) is 31.0 Å². The maximum atomic E-state index is 12.4. The largest absolute Gasteiger partial charge is 0.449 e. The SMILES string of the molecule is Cc1cc(C)c2nc(C(F)(F)F)[nH]c2c1. The number of imidazole rings is 1. The monoisotopic (exact) mass is 214 g/mol. The molecule has 0 radical (unpaired) electrons. The van der Waals surface area contributed by atoms with Gasteiger partial charge < -0.3 is 4.98 Å². The molecule has 15 heavy (non-hydrogen) atoms. The number of nitrogens with one attached hydrogen (secondary N) is 1. The molecule has 5 heteroatoms. The second-order valence-electron chi connectivity index (χ2n) is 3.56. The Morgan fingerprint density at radius 2 is 1.87 bits per heavy atom. The van der Waals surface area contributed by atoms with E-state index in [1.807, 2.05) is 13.0 Å². The first kappa shape index (κ1) is 10.0. The molecule has 1 aromatic heterocycles. The van der Waals surface area contributed by atoms with Crippen molar-refractivity contribution >= 4 is 11.0 Å². The Kier molecular flexibility index (Phi) is 1.99. The van der Waals surface area contributed by atoms with E-state index in [4.69, 9.17) is 0 Å². The third-order valence-corrected chi connectivity index (χ3v) is 2.19. The number of hydrogen-bond donors (Lipinski definition) is 1. The van der Waals surface area contributed by atoms with E-state index in [1.165, 1.54) is 0 Å². The molecule has 2 nitrogen and oxygen atoms in total. The summed E-state index contributed by atoms with van der Waals surface area (Å²) in [5.74, 6) is -0.939. The second-order valence-corrected chi connectivity index (χ2v) is 3.56. The Balaban J connectivity index is 2.71. The molecule has 0 aliphatic carbocycles. The number of H-pyrrole nitrogens is 1. The van der Waals surface area contributed by atoms with E-state index < -0.39 is 12.0 Å². The van der Waals surface area contributed by atoms with Crippen LogP contribution in [0.3, 0.4) is 0 Å². The predicted octanol–water partition coefficient (Wildman–Crippen LogP) is 3.20. The van der Waals surface area contributed by atoms with Crippen LogP contribution in [0.1, 0.15) is 17.0 Å². The Morgan fingerprint density at radius 1 is 1.20 bits per heavy atom. The molecule has 1 N–H and O–H groups in total. The second kappa shape index (κ2) is 2.98. The Morgan fingerprint density at radius 3 is 2.47 bits per heavy atom. The molecule has 0 atom stereocenters. The van der Waals surface area contributed by atoms with Gasteiger partial charge in [0.1, 0.15) is 0 Å². The molecular weight excluding hydrogens is 205 g/mol. The van der Waals surface area contributed by atoms with Crippen LogP contribution in [0.25, 0.3) is 11.0 Å². The van der Waals surface area contributed by atoms with E-state index in [9.17, 15) is 13.2 Å². The Labute approximate surface area is 84.1 Å². The Bertz CT molecular complexity index is 511. The van der Waals surface area contributed by atoms with Crippen LogP contribution in [-0.4, -0.2) is 9.97 Å². The molecule has 0 saturated carbocycles. The topological polar surface area (TPSA) is 28.7 Å². The summed E-state index contributed by atoms with van der Waals surface area (Å²) in [6.07, 6.45) is -4.42. The average molecular weight is 214 g/mol. The van der Waals surface area contributed by atoms with Crippen LogP contribution in [-0.2, 0) is 6.18 Å². The fourth-order valence-corrected chi connectivity index (χ4v) is 1.61. The van der Waals surface area contributed by atoms with Crippen LogP contribution in [0.4, 0.5) is 13.2 Å². The molecule has 1 heterocycles. The lowest BCUT2D eigenvalue weighted by molar-refractivity contribution is -0.144. The van der Waals surface area contributed by atoms with E-state index in [2.05, 4.69) is 9.97 Å². The van der Waals surface area contributed by atoms with Crippen molar-refractivity contribution in [2.45, 2.75) is 20.0 Å². The quantitative estimate of drug-likeness (QED) is 0.716. The average Bonchev–Trinajstić information content (AvgIpc) is 2.46. The minimum Gasteiger partial charge on any atom is -0.334 e. The molecular formula is C10H9F3N2. The number of aryl methyl sites for hydroxylation is 2. The number of aromatic nitrogens is 2. The third-order valence-electron chi connectivity index (χ3n) is 2.19. The molecule has 0 spiro atoms. The highest BCUT2D eigenvalue weighted by Gasteiger charge is 2.34. The molecule has 2 rings (SSSR count). The molecule has 80 valence electrons. The number of alkyl halides is 3. The summed E-state index contributed by atoms with van der Waals surface area (Å²) in [4.78, 5) is 5.83. The standard InChI is InChI=1S/C10H9F3N2/c1-5-3-6(2)8-7(4-5)14-9(15-8)10(11,12)13/h3-4H,1-2H3,(H,14,15). The summed E-state index contributed by atoms with van der Waals surface area (Å²) < 4.78 is 37.1. The molecule has 0 aliphatic rings. The molecule has 0 amide bonds. The summed E-state index contributed by atoms with van der Waals surface area (Å²) in [5, 5.41) is 0. The van der Waals surface area contributed by atoms with Gasteiger partial charge in [0.15, 0.2) is 0 Å². The van der Waals surface area contributed by atoms with Crippen LogP contribution < -0.4 is 0 Å². The number of nitrogens with zero attached hydrogens (tertiary/aromatic N) is 1. The first-order valence-electron chi connectivity index (χ1n) is 4.42. The number of halogens is 3. The molecule has 0 aliphatic heterocycles. The van der Waals surface area contributed by atoms with Gasteiger partial charge in [-0.3, -0.25) is 0 Å². The van der Waals surface area contributed by atoms with Crippen LogP contribution in [0.5, 0.6) is 0 Å². The van der Waals surface area contributed by atoms with Gasteiger partial charge in [-0.25, -0.2) is 4.98 Å². The highest BCUT2D eigenvalue weighted by molar-refractivity contribution is 5.79. The lowest BCUT2D eigenvalue weighted by Gasteiger charge is -1.98. The Hall–Kier alpha value is -1.52. The van der Waals surface area contributed by atoms with Crippen molar-refractivity contribution in [1.29, 1.82) is 0 Å². The summed E-state index contributed by atoms with van der Waals surface area (Å²) in [6.45, 7) is 3.58. The number of hydrogen-bond acceptors (Lipinski definition) is 1. The highest BCUT2D eigenvalue weighted by atomic mass is 19.4. The van der Waals surface area contributed by atoms with Crippen molar-refractivity contribution in [3.8, 4) is 0 Å². The van der Waals surface area contributed by atoms with Gasteiger partial charge in [-0.1, -0.05) is 6.07 Å². The number of rotatable bonds is 0. The zero-order valence-corrected chi connectivity index (χ0v) is 8.24. The highest BCUT2D eigenvalue weighted by Crippen LogP contribution is 2.29. The first-order chi connectivity index (χ1) is 6.88. The minimum atomic E-state index is -4.42. The van der Waals surface area contributed by atoms with Gasteiger partial charge in [-0.15, -0.1) is 0 Å². The van der Waals surface area contributed by atoms with E-state index in [0.29, 0.717) is 11.0 Å². The molecule has 0 bridgehead atoms. The smallest absolute Gasteiger partial charge is 0.334 e. The lowest BCUT2D eigenvalue weighted by atomic mass is 10.1. The zero-order valence-electron chi connectivity index (χ0n) is 8.24. The molecule has 1 aromatic carbocycles. The van der Waals surface area contributed by atoms with Crippen molar-refractivity contribution in [3.63, 3.8) is 0 Å². The van der Waals surface area contributed by atoms with Gasteiger partial charge in [0.05, 0.1) is 11.0 Å². The van der Waals surface area contributed by atoms with Crippen molar-refractivity contribution in [2.75, 3.05) is 0 Å². The van der Waals surface area contributed by atoms with Crippen molar-refractivity contribution in [1.82, 2.24) is 9.97 Å². The van der Waals surface area contributed by atoms with E-state index >= 15 is 0 Å². The predicted molar refractivity (Wildman–Crippen MR) is 50.6 cm³/mol. The van der Waals surface area contributed by atoms with E-state index in [0.717, 1.165) is 11.1 Å². The normalized spacial score (nSPS) is 12.3. The summed E-state index contributed by atoms with van der Waals surface area (Å²) in [6, 6.07) is 3.47. The lowest BCUT2D eigenvalue weighted by Crippen LogP contribution is -2.06. The number of benzene rings is 1. The van der Waals surface area contributed by atoms with Crippen molar-refractivity contribution in [2.24, 2.45) is 0 Å². The molecule has 0 fully saturated rings. The molecule has 2 aromatic rings. The van der Waals surface area contributed by atoms with Crippen LogP contribution in [0.2, 0.25) is 0 Å². The van der Waals surface area contributed by atoms with E-state index in [-0.39, 0.29) is 0 Å². The van der Waals surface area contributed by atoms with Crippen LogP contribution >= 0.6 is 0 Å². The van der Waals surface area contributed by atoms with Gasteiger partial charge in [-0.2, -0.15) is 13.2 Å². The van der Waals surface area contributed by atoms with Gasteiger partial charge in [0.25, 0.3) is 0 Å². The summed E-state index contributed by atoms with van der Waals surface area (Å²) in [7, 11) is 0. The zero-order chi connectivity index (χ0) is 11.2. The third kappa shape index (κ3) is 1.69. The van der Waals surface area contributed by atoms with Gasteiger partial charge in [0.2, 0.25) is 5.82 Å². The van der Waals surface area contributed by atoms with Crippen LogP contribution in [0.15, 0.2) is 12.1 Å².